The second-order valence-electron chi connectivity index (χ2n) is 6.56. The van der Waals surface area contributed by atoms with E-state index >= 15 is 0 Å². The Bertz CT molecular complexity index is 927. The molecular weight excluding hydrogens is 326 g/mol. The Morgan fingerprint density at radius 3 is 2.80 bits per heavy atom. The van der Waals surface area contributed by atoms with Crippen molar-refractivity contribution in [3.63, 3.8) is 0 Å². The van der Waals surface area contributed by atoms with Crippen LogP contribution >= 0.6 is 0 Å². The first-order chi connectivity index (χ1) is 12.0. The summed E-state index contributed by atoms with van der Waals surface area (Å²) in [5.74, 6) is -1.42. The molecule has 1 saturated carbocycles. The summed E-state index contributed by atoms with van der Waals surface area (Å²) in [6.45, 7) is 0. The molecule has 4 rings (SSSR count). The van der Waals surface area contributed by atoms with E-state index in [0.717, 1.165) is 42.4 Å². The van der Waals surface area contributed by atoms with E-state index in [1.807, 2.05) is 12.3 Å². The summed E-state index contributed by atoms with van der Waals surface area (Å²) in [6.07, 6.45) is 4.96. The van der Waals surface area contributed by atoms with Crippen molar-refractivity contribution in [3.05, 3.63) is 54.0 Å². The van der Waals surface area contributed by atoms with Crippen LogP contribution in [0, 0.1) is 17.6 Å². The molecule has 130 valence electrons. The molecule has 1 aliphatic carbocycles. The third-order valence-corrected chi connectivity index (χ3v) is 5.11. The summed E-state index contributed by atoms with van der Waals surface area (Å²) < 4.78 is 28.6. The van der Waals surface area contributed by atoms with Crippen LogP contribution in [0.3, 0.4) is 0 Å². The van der Waals surface area contributed by atoms with Gasteiger partial charge < -0.3 is 15.4 Å². The highest BCUT2D eigenvalue weighted by Crippen LogP contribution is 2.42. The van der Waals surface area contributed by atoms with Crippen LogP contribution < -0.4 is 5.73 Å². The number of hydrogen-bond acceptors (Lipinski definition) is 4. The number of aliphatic hydroxyl groups excluding tert-OH is 1. The first-order valence-electron chi connectivity index (χ1n) is 8.24. The molecule has 25 heavy (non-hydrogen) atoms. The van der Waals surface area contributed by atoms with Crippen molar-refractivity contribution < 1.29 is 13.9 Å². The van der Waals surface area contributed by atoms with E-state index in [1.165, 1.54) is 12.4 Å². The maximum atomic E-state index is 13.4. The number of nitrogens with zero attached hydrogens (tertiary/aromatic N) is 3. The van der Waals surface area contributed by atoms with Gasteiger partial charge in [-0.15, -0.1) is 0 Å². The Morgan fingerprint density at radius 2 is 2.00 bits per heavy atom. The van der Waals surface area contributed by atoms with Gasteiger partial charge >= 0.3 is 0 Å². The van der Waals surface area contributed by atoms with Crippen molar-refractivity contribution >= 4 is 16.9 Å². The van der Waals surface area contributed by atoms with Crippen molar-refractivity contribution in [3.8, 4) is 0 Å². The molecule has 3 atom stereocenters. The van der Waals surface area contributed by atoms with Gasteiger partial charge in [-0.3, -0.25) is 0 Å². The Morgan fingerprint density at radius 1 is 1.16 bits per heavy atom. The number of rotatable bonds is 3. The number of aromatic nitrogens is 3. The fourth-order valence-corrected chi connectivity index (χ4v) is 3.78. The molecule has 0 saturated heterocycles. The molecule has 5 nitrogen and oxygen atoms in total. The van der Waals surface area contributed by atoms with E-state index in [0.29, 0.717) is 11.4 Å². The fraction of sp³-hybridized carbons (Fsp3) is 0.333. The number of nitrogens with two attached hydrogens (primary N) is 1. The highest BCUT2D eigenvalue weighted by molar-refractivity contribution is 5.86. The van der Waals surface area contributed by atoms with E-state index in [1.54, 1.807) is 0 Å². The average molecular weight is 344 g/mol. The topological polar surface area (TPSA) is 77.0 Å². The lowest BCUT2D eigenvalue weighted by atomic mass is 9.94. The fourth-order valence-electron chi connectivity index (χ4n) is 3.78. The van der Waals surface area contributed by atoms with Crippen LogP contribution in [0.2, 0.25) is 0 Å². The van der Waals surface area contributed by atoms with Crippen LogP contribution in [-0.2, 0) is 0 Å². The smallest absolute Gasteiger partial charge is 0.159 e. The minimum absolute atomic E-state index is 0.0218. The number of nitrogen functional groups attached to an aromatic ring is 1. The van der Waals surface area contributed by atoms with Gasteiger partial charge in [0.25, 0.3) is 0 Å². The van der Waals surface area contributed by atoms with E-state index in [9.17, 15) is 13.9 Å². The predicted octanol–water partition coefficient (Wildman–Crippen LogP) is 3.37. The largest absolute Gasteiger partial charge is 0.388 e. The summed E-state index contributed by atoms with van der Waals surface area (Å²) in [5.41, 5.74) is 7.06. The van der Waals surface area contributed by atoms with Crippen LogP contribution in [-0.4, -0.2) is 19.6 Å². The normalized spacial score (nSPS) is 21.7. The number of anilines is 1. The summed E-state index contributed by atoms with van der Waals surface area (Å²) in [6, 6.07) is 5.64. The minimum atomic E-state index is -0.935. The van der Waals surface area contributed by atoms with Gasteiger partial charge in [-0.05, 0) is 48.9 Å². The summed E-state index contributed by atoms with van der Waals surface area (Å²) in [7, 11) is 0. The number of halogens is 2. The number of benzene rings is 1. The second-order valence-corrected chi connectivity index (χ2v) is 6.56. The average Bonchev–Trinajstić information content (AvgIpc) is 3.24. The molecule has 0 spiro atoms. The van der Waals surface area contributed by atoms with E-state index < -0.39 is 17.7 Å². The van der Waals surface area contributed by atoms with Crippen molar-refractivity contribution in [1.82, 2.24) is 14.5 Å². The quantitative estimate of drug-likeness (QED) is 0.764. The van der Waals surface area contributed by atoms with Crippen molar-refractivity contribution in [2.75, 3.05) is 5.73 Å². The molecule has 3 N–H and O–H groups in total. The monoisotopic (exact) mass is 344 g/mol. The van der Waals surface area contributed by atoms with Crippen molar-refractivity contribution in [2.45, 2.75) is 31.4 Å². The van der Waals surface area contributed by atoms with E-state index in [4.69, 9.17) is 5.73 Å². The summed E-state index contributed by atoms with van der Waals surface area (Å²) >= 11 is 0. The molecule has 7 heteroatoms. The van der Waals surface area contributed by atoms with Crippen LogP contribution in [0.1, 0.15) is 37.0 Å². The predicted molar refractivity (Wildman–Crippen MR) is 89.6 cm³/mol. The third kappa shape index (κ3) is 2.74. The molecule has 1 fully saturated rings. The third-order valence-electron chi connectivity index (χ3n) is 5.11. The molecule has 3 unspecified atom stereocenters. The van der Waals surface area contributed by atoms with Gasteiger partial charge in [-0.25, -0.2) is 18.7 Å². The van der Waals surface area contributed by atoms with Crippen molar-refractivity contribution in [1.29, 1.82) is 0 Å². The first-order valence-corrected chi connectivity index (χ1v) is 8.24. The Balaban J connectivity index is 1.56. The molecule has 2 aromatic heterocycles. The first kappa shape index (κ1) is 16.0. The molecule has 2 heterocycles. The van der Waals surface area contributed by atoms with Gasteiger partial charge in [0.1, 0.15) is 17.8 Å². The minimum Gasteiger partial charge on any atom is -0.388 e. The van der Waals surface area contributed by atoms with Crippen LogP contribution in [0.4, 0.5) is 14.6 Å². The van der Waals surface area contributed by atoms with Gasteiger partial charge in [0.15, 0.2) is 11.6 Å². The summed E-state index contributed by atoms with van der Waals surface area (Å²) in [5, 5.41) is 11.4. The summed E-state index contributed by atoms with van der Waals surface area (Å²) in [4.78, 5) is 8.31. The molecule has 1 aromatic carbocycles. The van der Waals surface area contributed by atoms with Gasteiger partial charge in [0.05, 0.1) is 11.5 Å². The second kappa shape index (κ2) is 6.07. The zero-order chi connectivity index (χ0) is 17.6. The van der Waals surface area contributed by atoms with Gasteiger partial charge in [-0.2, -0.15) is 0 Å². The highest BCUT2D eigenvalue weighted by Gasteiger charge is 2.32. The van der Waals surface area contributed by atoms with Gasteiger partial charge in [0, 0.05) is 12.2 Å². The molecule has 3 aromatic rings. The zero-order valence-corrected chi connectivity index (χ0v) is 13.4. The Kier molecular flexibility index (Phi) is 3.88. The standard InChI is InChI=1S/C18H18F2N4O/c19-14-4-2-11(8-15(14)20)16(25)10-1-3-12(7-10)24-6-5-13-17(21)22-9-23-18(13)24/h2,4-6,8-10,12,16,25H,1,3,7H2,(H2,21,22,23). The number of hydrogen-bond donors (Lipinski definition) is 2. The van der Waals surface area contributed by atoms with Gasteiger partial charge in [-0.1, -0.05) is 6.07 Å². The molecule has 1 aliphatic rings. The van der Waals surface area contributed by atoms with Crippen LogP contribution in [0.5, 0.6) is 0 Å². The Hall–Kier alpha value is -2.54. The van der Waals surface area contributed by atoms with Gasteiger partial charge in [0.2, 0.25) is 0 Å². The zero-order valence-electron chi connectivity index (χ0n) is 13.4. The van der Waals surface area contributed by atoms with Crippen molar-refractivity contribution in [2.24, 2.45) is 5.92 Å². The molecule has 0 radical (unpaired) electrons. The lowest BCUT2D eigenvalue weighted by Crippen LogP contribution is -2.12. The molecular formula is C18H18F2N4O. The SMILES string of the molecule is Nc1ncnc2c1ccn2C1CCC(C(O)c2ccc(F)c(F)c2)C1. The van der Waals surface area contributed by atoms with E-state index in [2.05, 4.69) is 14.5 Å². The number of aliphatic hydroxyl groups is 1. The molecule has 0 aliphatic heterocycles. The number of fused-ring (bicyclic) bond motifs is 1. The highest BCUT2D eigenvalue weighted by atomic mass is 19.2. The maximum Gasteiger partial charge on any atom is 0.159 e. The lowest BCUT2D eigenvalue weighted by Gasteiger charge is -2.19. The Labute approximate surface area is 143 Å². The van der Waals surface area contributed by atoms with E-state index in [-0.39, 0.29) is 12.0 Å². The van der Waals surface area contributed by atoms with Crippen LogP contribution in [0.15, 0.2) is 36.8 Å². The maximum absolute atomic E-state index is 13.4. The van der Waals surface area contributed by atoms with Crippen LogP contribution in [0.25, 0.3) is 11.0 Å². The molecule has 0 amide bonds. The molecule has 0 bridgehead atoms. The lowest BCUT2D eigenvalue weighted by molar-refractivity contribution is 0.109.